The minimum Gasteiger partial charge on any atom is -0.265 e. The third kappa shape index (κ3) is 0.825. The van der Waals surface area contributed by atoms with Crippen LogP contribution in [0.1, 0.15) is 0 Å². The van der Waals surface area contributed by atoms with E-state index in [1.54, 1.807) is 0 Å². The SMILES string of the molecule is O=C1C(F)=C(F)C(=O)N1I. The van der Waals surface area contributed by atoms with Crippen LogP contribution < -0.4 is 0 Å². The van der Waals surface area contributed by atoms with Gasteiger partial charge in [0.15, 0.2) is 0 Å². The fourth-order valence-electron chi connectivity index (χ4n) is 0.452. The Labute approximate surface area is 68.2 Å². The van der Waals surface area contributed by atoms with Gasteiger partial charge in [0.05, 0.1) is 22.9 Å². The van der Waals surface area contributed by atoms with Gasteiger partial charge in [-0.15, -0.1) is 0 Å². The van der Waals surface area contributed by atoms with Crippen molar-refractivity contribution in [2.45, 2.75) is 0 Å². The molecule has 0 saturated heterocycles. The van der Waals surface area contributed by atoms with Crippen LogP contribution in [0.3, 0.4) is 0 Å². The maximum absolute atomic E-state index is 12.1. The zero-order valence-corrected chi connectivity index (χ0v) is 6.56. The lowest BCUT2D eigenvalue weighted by molar-refractivity contribution is -0.130. The Hall–Kier alpha value is -0.530. The third-order valence-corrected chi connectivity index (χ3v) is 1.80. The fraction of sp³-hybridized carbons (Fsp3) is 0. The topological polar surface area (TPSA) is 37.4 Å². The molecule has 1 aliphatic heterocycles. The molecule has 6 heteroatoms. The molecule has 0 atom stereocenters. The van der Waals surface area contributed by atoms with Crippen molar-refractivity contribution >= 4 is 34.7 Å². The van der Waals surface area contributed by atoms with Crippen molar-refractivity contribution in [3.63, 3.8) is 0 Å². The molecule has 0 N–H and O–H groups in total. The second-order valence-electron chi connectivity index (χ2n) is 1.52. The molecule has 0 aliphatic carbocycles. The molecule has 2 amide bonds. The normalized spacial score (nSPS) is 19.3. The van der Waals surface area contributed by atoms with E-state index in [9.17, 15) is 18.4 Å². The van der Waals surface area contributed by atoms with E-state index >= 15 is 0 Å². The molecule has 0 unspecified atom stereocenters. The maximum atomic E-state index is 12.1. The molecular weight excluding hydrogens is 259 g/mol. The maximum Gasteiger partial charge on any atom is 0.301 e. The summed E-state index contributed by atoms with van der Waals surface area (Å²) in [6, 6.07) is 0. The van der Waals surface area contributed by atoms with Gasteiger partial charge in [0.2, 0.25) is 11.7 Å². The molecule has 0 aromatic rings. The first-order chi connectivity index (χ1) is 4.55. The van der Waals surface area contributed by atoms with Gasteiger partial charge in [0.25, 0.3) is 0 Å². The zero-order chi connectivity index (χ0) is 7.89. The van der Waals surface area contributed by atoms with E-state index in [2.05, 4.69) is 0 Å². The van der Waals surface area contributed by atoms with Crippen LogP contribution in [0.2, 0.25) is 0 Å². The minimum absolute atomic E-state index is 0.350. The third-order valence-electron chi connectivity index (χ3n) is 0.925. The number of hydrogen-bond acceptors (Lipinski definition) is 2. The van der Waals surface area contributed by atoms with Gasteiger partial charge < -0.3 is 0 Å². The van der Waals surface area contributed by atoms with Gasteiger partial charge in [-0.1, -0.05) is 0 Å². The zero-order valence-electron chi connectivity index (χ0n) is 4.40. The Morgan fingerprint density at radius 3 is 1.50 bits per heavy atom. The summed E-state index contributed by atoms with van der Waals surface area (Å²) in [5.41, 5.74) is 0. The van der Waals surface area contributed by atoms with E-state index in [1.807, 2.05) is 0 Å². The van der Waals surface area contributed by atoms with E-state index in [0.29, 0.717) is 3.11 Å². The summed E-state index contributed by atoms with van der Waals surface area (Å²) in [4.78, 5) is 20.7. The molecule has 54 valence electrons. The van der Waals surface area contributed by atoms with Gasteiger partial charge >= 0.3 is 11.8 Å². The summed E-state index contributed by atoms with van der Waals surface area (Å²) < 4.78 is 24.5. The van der Waals surface area contributed by atoms with E-state index < -0.39 is 23.5 Å². The predicted octanol–water partition coefficient (Wildman–Crippen LogP) is 0.856. The minimum atomic E-state index is -1.61. The number of nitrogens with zero attached hydrogens (tertiary/aromatic N) is 1. The molecule has 0 bridgehead atoms. The van der Waals surface area contributed by atoms with E-state index in [1.165, 1.54) is 22.9 Å². The quantitative estimate of drug-likeness (QED) is 0.367. The highest BCUT2D eigenvalue weighted by Crippen LogP contribution is 2.24. The highest BCUT2D eigenvalue weighted by molar-refractivity contribution is 14.1. The van der Waals surface area contributed by atoms with Gasteiger partial charge in [0, 0.05) is 0 Å². The first-order valence-corrected chi connectivity index (χ1v) is 3.12. The van der Waals surface area contributed by atoms with Crippen molar-refractivity contribution in [2.24, 2.45) is 0 Å². The molecule has 0 aromatic heterocycles. The van der Waals surface area contributed by atoms with Crippen LogP contribution in [-0.4, -0.2) is 14.9 Å². The Kier molecular flexibility index (Phi) is 1.71. The van der Waals surface area contributed by atoms with Crippen LogP contribution in [-0.2, 0) is 9.59 Å². The Balaban J connectivity index is 3.11. The first kappa shape index (κ1) is 7.58. The largest absolute Gasteiger partial charge is 0.301 e. The Bertz CT molecular complexity index is 226. The molecule has 0 saturated carbocycles. The number of carbonyl (C=O) groups excluding carboxylic acids is 2. The van der Waals surface area contributed by atoms with E-state index in [4.69, 9.17) is 0 Å². The van der Waals surface area contributed by atoms with Crippen molar-refractivity contribution in [1.82, 2.24) is 3.11 Å². The molecule has 10 heavy (non-hydrogen) atoms. The van der Waals surface area contributed by atoms with Crippen LogP contribution in [0.25, 0.3) is 0 Å². The second-order valence-corrected chi connectivity index (χ2v) is 2.48. The summed E-state index contributed by atoms with van der Waals surface area (Å²) in [7, 11) is 0. The Morgan fingerprint density at radius 2 is 1.40 bits per heavy atom. The van der Waals surface area contributed by atoms with Crippen molar-refractivity contribution in [1.29, 1.82) is 0 Å². The standard InChI is InChI=1S/C4F2INO2/c5-1-2(6)4(10)8(7)3(1)9. The second kappa shape index (κ2) is 2.26. The molecule has 0 radical (unpaired) electrons. The van der Waals surface area contributed by atoms with Crippen molar-refractivity contribution in [2.75, 3.05) is 0 Å². The van der Waals surface area contributed by atoms with Crippen molar-refractivity contribution < 1.29 is 18.4 Å². The van der Waals surface area contributed by atoms with Gasteiger partial charge in [-0.2, -0.15) is 8.78 Å². The molecule has 1 aliphatic rings. The lowest BCUT2D eigenvalue weighted by Crippen LogP contribution is -2.19. The molecule has 0 spiro atoms. The molecule has 3 nitrogen and oxygen atoms in total. The highest BCUT2D eigenvalue weighted by Gasteiger charge is 2.38. The number of rotatable bonds is 0. The Morgan fingerprint density at radius 1 is 1.10 bits per heavy atom. The molecule has 0 fully saturated rings. The average molecular weight is 259 g/mol. The van der Waals surface area contributed by atoms with E-state index in [-0.39, 0.29) is 0 Å². The smallest absolute Gasteiger partial charge is 0.265 e. The number of amides is 2. The predicted molar refractivity (Wildman–Crippen MR) is 35.1 cm³/mol. The summed E-state index contributed by atoms with van der Waals surface area (Å²) in [6.45, 7) is 0. The molecule has 1 heterocycles. The van der Waals surface area contributed by atoms with E-state index in [0.717, 1.165) is 0 Å². The first-order valence-electron chi connectivity index (χ1n) is 2.15. The molecule has 0 aromatic carbocycles. The fourth-order valence-corrected chi connectivity index (χ4v) is 0.876. The molecule has 1 rings (SSSR count). The summed E-state index contributed by atoms with van der Waals surface area (Å²) in [5, 5.41) is 0. The van der Waals surface area contributed by atoms with Crippen molar-refractivity contribution in [3.05, 3.63) is 11.7 Å². The number of halogens is 3. The van der Waals surface area contributed by atoms with Gasteiger partial charge in [-0.3, -0.25) is 9.59 Å². The van der Waals surface area contributed by atoms with Crippen LogP contribution >= 0.6 is 22.9 Å². The highest BCUT2D eigenvalue weighted by atomic mass is 127. The van der Waals surface area contributed by atoms with Crippen LogP contribution in [0, 0.1) is 0 Å². The summed E-state index contributed by atoms with van der Waals surface area (Å²) in [5.74, 6) is -5.69. The number of hydrogen-bond donors (Lipinski definition) is 0. The lowest BCUT2D eigenvalue weighted by Gasteiger charge is -1.98. The average Bonchev–Trinajstić information content (AvgIpc) is 2.07. The van der Waals surface area contributed by atoms with Gasteiger partial charge in [-0.05, 0) is 0 Å². The monoisotopic (exact) mass is 259 g/mol. The van der Waals surface area contributed by atoms with Crippen LogP contribution in [0.4, 0.5) is 8.78 Å². The molecular formula is C4F2INO2. The van der Waals surface area contributed by atoms with Crippen LogP contribution in [0.15, 0.2) is 11.7 Å². The summed E-state index contributed by atoms with van der Waals surface area (Å²) in [6.07, 6.45) is 0. The number of carbonyl (C=O) groups is 2. The lowest BCUT2D eigenvalue weighted by atomic mass is 10.5. The summed E-state index contributed by atoms with van der Waals surface area (Å²) >= 11 is 1.23. The van der Waals surface area contributed by atoms with Gasteiger partial charge in [0.1, 0.15) is 0 Å². The van der Waals surface area contributed by atoms with Crippen molar-refractivity contribution in [3.8, 4) is 0 Å². The number of imide groups is 1. The van der Waals surface area contributed by atoms with Crippen LogP contribution in [0.5, 0.6) is 0 Å². The van der Waals surface area contributed by atoms with Gasteiger partial charge in [-0.25, -0.2) is 3.11 Å².